The molecule has 0 unspecified atom stereocenters. The normalized spacial score (nSPS) is 15.1. The molecule has 0 radical (unpaired) electrons. The van der Waals surface area contributed by atoms with Gasteiger partial charge in [0.25, 0.3) is 0 Å². The molecule has 2 aromatic carbocycles. The van der Waals surface area contributed by atoms with Crippen LogP contribution in [0.2, 0.25) is 0 Å². The summed E-state index contributed by atoms with van der Waals surface area (Å²) < 4.78 is 29.3. The Bertz CT molecular complexity index is 1190. The van der Waals surface area contributed by atoms with Crippen LogP contribution in [0.15, 0.2) is 59.6 Å². The van der Waals surface area contributed by atoms with Gasteiger partial charge in [0.15, 0.2) is 0 Å². The van der Waals surface area contributed by atoms with Crippen LogP contribution in [0.5, 0.6) is 0 Å². The highest BCUT2D eigenvalue weighted by Crippen LogP contribution is 2.25. The molecule has 2 heterocycles. The number of nitrogens with zero attached hydrogens (tertiary/aromatic N) is 3. The lowest BCUT2D eigenvalue weighted by Gasteiger charge is -2.25. The molecule has 8 heteroatoms. The second-order valence-electron chi connectivity index (χ2n) is 8.47. The maximum absolute atomic E-state index is 12.9. The second-order valence-corrected chi connectivity index (χ2v) is 10.4. The predicted molar refractivity (Wildman–Crippen MR) is 127 cm³/mol. The topological polar surface area (TPSA) is 74.6 Å². The number of rotatable bonds is 7. The lowest BCUT2D eigenvalue weighted by Crippen LogP contribution is -2.35. The van der Waals surface area contributed by atoms with Crippen LogP contribution in [0.25, 0.3) is 10.9 Å². The van der Waals surface area contributed by atoms with Gasteiger partial charge in [0.1, 0.15) is 6.54 Å². The van der Waals surface area contributed by atoms with Gasteiger partial charge in [0, 0.05) is 56.5 Å². The van der Waals surface area contributed by atoms with Gasteiger partial charge in [-0.2, -0.15) is 4.31 Å². The smallest absolute Gasteiger partial charge is 0.243 e. The summed E-state index contributed by atoms with van der Waals surface area (Å²) in [6, 6.07) is 15.1. The first-order chi connectivity index (χ1) is 15.3. The van der Waals surface area contributed by atoms with Crippen molar-refractivity contribution in [3.63, 3.8) is 0 Å². The van der Waals surface area contributed by atoms with Crippen molar-refractivity contribution in [1.29, 1.82) is 0 Å². The van der Waals surface area contributed by atoms with E-state index < -0.39 is 10.0 Å². The van der Waals surface area contributed by atoms with Crippen LogP contribution in [0.1, 0.15) is 24.8 Å². The summed E-state index contributed by atoms with van der Waals surface area (Å²) in [4.78, 5) is 14.8. The molecule has 7 nitrogen and oxygen atoms in total. The lowest BCUT2D eigenvalue weighted by molar-refractivity contribution is -0.121. The standard InChI is InChI=1S/C24H30N4O3S/c1-26(2)21-8-6-19(7-9-21)17-25-24(29)18-27-15-12-20-16-22(10-11-23(20)27)32(30,31)28-13-4-3-5-14-28/h6-12,15-16H,3-5,13-14,17-18H2,1-2H3,(H,25,29). The Kier molecular flexibility index (Phi) is 6.53. The molecule has 1 fully saturated rings. The minimum atomic E-state index is -3.47. The molecular formula is C24H30N4O3S. The van der Waals surface area contributed by atoms with E-state index in [9.17, 15) is 13.2 Å². The van der Waals surface area contributed by atoms with Crippen molar-refractivity contribution >= 4 is 32.5 Å². The molecule has 0 saturated carbocycles. The maximum Gasteiger partial charge on any atom is 0.243 e. The third-order valence-electron chi connectivity index (χ3n) is 5.95. The first kappa shape index (κ1) is 22.4. The average molecular weight is 455 g/mol. The van der Waals surface area contributed by atoms with E-state index in [1.165, 1.54) is 0 Å². The molecule has 1 amide bonds. The number of anilines is 1. The number of carbonyl (C=O) groups is 1. The van der Waals surface area contributed by atoms with Gasteiger partial charge in [-0.1, -0.05) is 18.6 Å². The highest BCUT2D eigenvalue weighted by Gasteiger charge is 2.26. The number of carbonyl (C=O) groups excluding carboxylic acids is 1. The monoisotopic (exact) mass is 454 g/mol. The lowest BCUT2D eigenvalue weighted by atomic mass is 10.2. The van der Waals surface area contributed by atoms with Crippen molar-refractivity contribution in [3.8, 4) is 0 Å². The number of fused-ring (bicyclic) bond motifs is 1. The van der Waals surface area contributed by atoms with E-state index in [1.54, 1.807) is 22.5 Å². The Balaban J connectivity index is 1.42. The Morgan fingerprint density at radius 1 is 1.00 bits per heavy atom. The van der Waals surface area contributed by atoms with Gasteiger partial charge in [-0.15, -0.1) is 0 Å². The van der Waals surface area contributed by atoms with Crippen LogP contribution in [-0.4, -0.2) is 50.4 Å². The van der Waals surface area contributed by atoms with Crippen LogP contribution >= 0.6 is 0 Å². The first-order valence-electron chi connectivity index (χ1n) is 11.0. The van der Waals surface area contributed by atoms with E-state index in [4.69, 9.17) is 0 Å². The molecule has 3 aromatic rings. The fourth-order valence-electron chi connectivity index (χ4n) is 4.05. The van der Waals surface area contributed by atoms with Gasteiger partial charge in [-0.05, 0) is 54.8 Å². The van der Waals surface area contributed by atoms with Crippen LogP contribution in [-0.2, 0) is 27.9 Å². The molecule has 170 valence electrons. The number of hydrogen-bond acceptors (Lipinski definition) is 4. The van der Waals surface area contributed by atoms with Gasteiger partial charge in [0.2, 0.25) is 15.9 Å². The van der Waals surface area contributed by atoms with Crippen LogP contribution in [0.3, 0.4) is 0 Å². The molecule has 4 rings (SSSR count). The second kappa shape index (κ2) is 9.34. The fourth-order valence-corrected chi connectivity index (χ4v) is 5.61. The van der Waals surface area contributed by atoms with Crippen molar-refractivity contribution in [1.82, 2.24) is 14.2 Å². The Morgan fingerprint density at radius 2 is 1.72 bits per heavy atom. The number of nitrogens with one attached hydrogen (secondary N) is 1. The Hall–Kier alpha value is -2.84. The van der Waals surface area contributed by atoms with Crippen molar-refractivity contribution < 1.29 is 13.2 Å². The van der Waals surface area contributed by atoms with E-state index in [2.05, 4.69) is 5.32 Å². The van der Waals surface area contributed by atoms with E-state index in [1.807, 2.05) is 60.1 Å². The minimum Gasteiger partial charge on any atom is -0.378 e. The summed E-state index contributed by atoms with van der Waals surface area (Å²) in [7, 11) is 0.507. The Morgan fingerprint density at radius 3 is 2.41 bits per heavy atom. The molecule has 1 aliphatic heterocycles. The van der Waals surface area contributed by atoms with Crippen LogP contribution in [0, 0.1) is 0 Å². The van der Waals surface area contributed by atoms with Gasteiger partial charge < -0.3 is 14.8 Å². The van der Waals surface area contributed by atoms with E-state index >= 15 is 0 Å². The van der Waals surface area contributed by atoms with Crippen molar-refractivity contribution in [2.45, 2.75) is 37.2 Å². The van der Waals surface area contributed by atoms with Crippen molar-refractivity contribution in [3.05, 3.63) is 60.3 Å². The number of benzene rings is 2. The summed E-state index contributed by atoms with van der Waals surface area (Å²) in [5, 5.41) is 3.77. The largest absolute Gasteiger partial charge is 0.378 e. The number of amides is 1. The third-order valence-corrected chi connectivity index (χ3v) is 7.85. The molecule has 0 aliphatic carbocycles. The third kappa shape index (κ3) is 4.81. The van der Waals surface area contributed by atoms with Gasteiger partial charge in [0.05, 0.1) is 4.90 Å². The van der Waals surface area contributed by atoms with E-state index in [-0.39, 0.29) is 12.5 Å². The molecule has 1 saturated heterocycles. The van der Waals surface area contributed by atoms with Crippen LogP contribution in [0.4, 0.5) is 5.69 Å². The van der Waals surface area contributed by atoms with Gasteiger partial charge in [-0.3, -0.25) is 4.79 Å². The van der Waals surface area contributed by atoms with Crippen molar-refractivity contribution in [2.24, 2.45) is 0 Å². The molecule has 0 bridgehead atoms. The number of aromatic nitrogens is 1. The SMILES string of the molecule is CN(C)c1ccc(CNC(=O)Cn2ccc3cc(S(=O)(=O)N4CCCCC4)ccc32)cc1. The minimum absolute atomic E-state index is 0.0933. The Labute approximate surface area is 189 Å². The first-order valence-corrected chi connectivity index (χ1v) is 12.4. The highest BCUT2D eigenvalue weighted by molar-refractivity contribution is 7.89. The average Bonchev–Trinajstić information content (AvgIpc) is 3.20. The van der Waals surface area contributed by atoms with Crippen molar-refractivity contribution in [2.75, 3.05) is 32.1 Å². The highest BCUT2D eigenvalue weighted by atomic mass is 32.2. The number of sulfonamides is 1. The van der Waals surface area contributed by atoms with Gasteiger partial charge in [-0.25, -0.2) is 8.42 Å². The maximum atomic E-state index is 12.9. The molecule has 1 aromatic heterocycles. The molecular weight excluding hydrogens is 424 g/mol. The quantitative estimate of drug-likeness (QED) is 0.595. The summed E-state index contributed by atoms with van der Waals surface area (Å²) in [5.74, 6) is -0.0933. The molecule has 0 atom stereocenters. The van der Waals surface area contributed by atoms with E-state index in [0.717, 1.165) is 41.4 Å². The zero-order valence-corrected chi connectivity index (χ0v) is 19.4. The molecule has 0 spiro atoms. The molecule has 1 N–H and O–H groups in total. The summed E-state index contributed by atoms with van der Waals surface area (Å²) in [6.45, 7) is 1.81. The summed E-state index contributed by atoms with van der Waals surface area (Å²) in [5.41, 5.74) is 2.99. The van der Waals surface area contributed by atoms with Crippen LogP contribution < -0.4 is 10.2 Å². The summed E-state index contributed by atoms with van der Waals surface area (Å²) in [6.07, 6.45) is 4.73. The van der Waals surface area contributed by atoms with E-state index in [0.29, 0.717) is 24.5 Å². The number of hydrogen-bond donors (Lipinski definition) is 1. The zero-order chi connectivity index (χ0) is 22.7. The van der Waals surface area contributed by atoms with Gasteiger partial charge >= 0.3 is 0 Å². The molecule has 32 heavy (non-hydrogen) atoms. The molecule has 1 aliphatic rings. The zero-order valence-electron chi connectivity index (χ0n) is 18.6. The predicted octanol–water partition coefficient (Wildman–Crippen LogP) is 3.20. The number of piperidine rings is 1. The summed E-state index contributed by atoms with van der Waals surface area (Å²) >= 11 is 0. The fraction of sp³-hybridized carbons (Fsp3) is 0.375.